The summed E-state index contributed by atoms with van der Waals surface area (Å²) in [4.78, 5) is 27.4. The summed E-state index contributed by atoms with van der Waals surface area (Å²) in [5, 5.41) is 2.74. The highest BCUT2D eigenvalue weighted by Gasteiger charge is 2.29. The molecule has 0 unspecified atom stereocenters. The number of likely N-dealkylation sites (N-methyl/N-ethyl adjacent to an activating group) is 1. The van der Waals surface area contributed by atoms with E-state index in [2.05, 4.69) is 35.1 Å². The Bertz CT molecular complexity index is 1050. The molecule has 0 aromatic heterocycles. The summed E-state index contributed by atoms with van der Waals surface area (Å²) in [5.41, 5.74) is 2.31. The molecule has 0 saturated carbocycles. The third-order valence-electron chi connectivity index (χ3n) is 5.31. The predicted molar refractivity (Wildman–Crippen MR) is 136 cm³/mol. The minimum atomic E-state index is -3.74. The number of carbonyl (C=O) groups is 2. The quantitative estimate of drug-likeness (QED) is 0.498. The molecule has 0 spiro atoms. The van der Waals surface area contributed by atoms with Crippen LogP contribution in [0.5, 0.6) is 0 Å². The maximum Gasteiger partial charge on any atom is 0.244 e. The fourth-order valence-electron chi connectivity index (χ4n) is 3.33. The number of nitrogens with zero attached hydrogens (tertiary/aromatic N) is 2. The van der Waals surface area contributed by atoms with Crippen LogP contribution in [0.3, 0.4) is 0 Å². The molecule has 180 valence electrons. The topological polar surface area (TPSA) is 86.8 Å². The lowest BCUT2D eigenvalue weighted by Crippen LogP contribution is -2.51. The van der Waals surface area contributed by atoms with Gasteiger partial charge in [0.15, 0.2) is 0 Å². The fourth-order valence-corrected chi connectivity index (χ4v) is 4.44. The van der Waals surface area contributed by atoms with Gasteiger partial charge in [-0.25, -0.2) is 8.42 Å². The molecular weight excluding hydrogens is 506 g/mol. The second kappa shape index (κ2) is 11.7. The van der Waals surface area contributed by atoms with Crippen molar-refractivity contribution in [3.8, 4) is 0 Å². The van der Waals surface area contributed by atoms with E-state index >= 15 is 0 Å². The molecule has 2 aromatic carbocycles. The number of halogens is 1. The average Bonchev–Trinajstić information content (AvgIpc) is 2.76. The lowest BCUT2D eigenvalue weighted by atomic mass is 10.0. The Labute approximate surface area is 205 Å². The fraction of sp³-hybridized carbons (Fsp3) is 0.417. The van der Waals surface area contributed by atoms with Crippen molar-refractivity contribution in [1.82, 2.24) is 10.2 Å². The molecule has 2 aromatic rings. The molecule has 2 rings (SSSR count). The molecule has 0 saturated heterocycles. The van der Waals surface area contributed by atoms with Gasteiger partial charge in [0.1, 0.15) is 12.6 Å². The maximum absolute atomic E-state index is 13.4. The van der Waals surface area contributed by atoms with Gasteiger partial charge in [-0.3, -0.25) is 13.9 Å². The Hall–Kier alpha value is -2.39. The average molecular weight is 539 g/mol. The predicted octanol–water partition coefficient (Wildman–Crippen LogP) is 3.89. The van der Waals surface area contributed by atoms with Gasteiger partial charge in [0.05, 0.1) is 11.9 Å². The van der Waals surface area contributed by atoms with Crippen LogP contribution in [0.25, 0.3) is 0 Å². The smallest absolute Gasteiger partial charge is 0.244 e. The summed E-state index contributed by atoms with van der Waals surface area (Å²) in [5.74, 6) is -0.461. The Kier molecular flexibility index (Phi) is 9.48. The van der Waals surface area contributed by atoms with Crippen molar-refractivity contribution in [3.63, 3.8) is 0 Å². The van der Waals surface area contributed by atoms with E-state index < -0.39 is 28.5 Å². The van der Waals surface area contributed by atoms with Crippen LogP contribution in [-0.2, 0) is 26.2 Å². The van der Waals surface area contributed by atoms with Gasteiger partial charge in [0.2, 0.25) is 21.8 Å². The van der Waals surface area contributed by atoms with Crippen molar-refractivity contribution in [2.75, 3.05) is 23.7 Å². The zero-order valence-corrected chi connectivity index (χ0v) is 22.1. The Balaban J connectivity index is 2.36. The SMILES string of the molecule is CCNC(=O)[C@H](C)N(Cc1ccc(Br)cc1)C(=O)CN(c1ccc(C(C)C)cc1)S(C)(=O)=O. The van der Waals surface area contributed by atoms with Crippen LogP contribution < -0.4 is 9.62 Å². The van der Waals surface area contributed by atoms with E-state index in [1.54, 1.807) is 26.0 Å². The van der Waals surface area contributed by atoms with E-state index in [4.69, 9.17) is 0 Å². The van der Waals surface area contributed by atoms with Crippen LogP contribution in [0.4, 0.5) is 5.69 Å². The molecule has 1 atom stereocenters. The molecule has 0 fully saturated rings. The molecule has 33 heavy (non-hydrogen) atoms. The third kappa shape index (κ3) is 7.57. The first-order valence-corrected chi connectivity index (χ1v) is 13.5. The molecule has 0 aliphatic heterocycles. The van der Waals surface area contributed by atoms with Crippen LogP contribution in [0.15, 0.2) is 53.0 Å². The van der Waals surface area contributed by atoms with Crippen LogP contribution >= 0.6 is 15.9 Å². The zero-order valence-electron chi connectivity index (χ0n) is 19.7. The first-order chi connectivity index (χ1) is 15.4. The number of hydrogen-bond acceptors (Lipinski definition) is 4. The van der Waals surface area contributed by atoms with Gasteiger partial charge in [0.25, 0.3) is 0 Å². The van der Waals surface area contributed by atoms with Crippen LogP contribution in [0.2, 0.25) is 0 Å². The number of sulfonamides is 1. The van der Waals surface area contributed by atoms with Crippen LogP contribution in [0, 0.1) is 0 Å². The molecule has 7 nitrogen and oxygen atoms in total. The molecule has 1 N–H and O–H groups in total. The molecule has 0 radical (unpaired) electrons. The number of carbonyl (C=O) groups excluding carboxylic acids is 2. The van der Waals surface area contributed by atoms with Gasteiger partial charge in [-0.1, -0.05) is 54.0 Å². The maximum atomic E-state index is 13.4. The minimum Gasteiger partial charge on any atom is -0.355 e. The number of rotatable bonds is 10. The van der Waals surface area contributed by atoms with Crippen LogP contribution in [0.1, 0.15) is 44.7 Å². The van der Waals surface area contributed by atoms with Crippen molar-refractivity contribution >= 4 is 43.5 Å². The highest BCUT2D eigenvalue weighted by atomic mass is 79.9. The Morgan fingerprint density at radius 2 is 1.58 bits per heavy atom. The van der Waals surface area contributed by atoms with E-state index in [1.165, 1.54) is 4.90 Å². The highest BCUT2D eigenvalue weighted by molar-refractivity contribution is 9.10. The summed E-state index contributed by atoms with van der Waals surface area (Å²) < 4.78 is 27.1. The summed E-state index contributed by atoms with van der Waals surface area (Å²) >= 11 is 3.39. The normalized spacial score (nSPS) is 12.3. The van der Waals surface area contributed by atoms with Crippen molar-refractivity contribution in [2.24, 2.45) is 0 Å². The number of anilines is 1. The summed E-state index contributed by atoms with van der Waals surface area (Å²) in [6.45, 7) is 7.75. The Morgan fingerprint density at radius 3 is 2.06 bits per heavy atom. The van der Waals surface area contributed by atoms with Crippen molar-refractivity contribution < 1.29 is 18.0 Å². The highest BCUT2D eigenvalue weighted by Crippen LogP contribution is 2.23. The molecule has 2 amide bonds. The molecule has 0 heterocycles. The number of nitrogens with one attached hydrogen (secondary N) is 1. The molecule has 0 bridgehead atoms. The molecule has 9 heteroatoms. The van der Waals surface area contributed by atoms with Crippen molar-refractivity contribution in [2.45, 2.75) is 46.2 Å². The summed E-state index contributed by atoms with van der Waals surface area (Å²) in [7, 11) is -3.74. The first-order valence-electron chi connectivity index (χ1n) is 10.8. The largest absolute Gasteiger partial charge is 0.355 e. The van der Waals surface area contributed by atoms with E-state index in [-0.39, 0.29) is 12.5 Å². The van der Waals surface area contributed by atoms with Crippen molar-refractivity contribution in [3.05, 3.63) is 64.1 Å². The van der Waals surface area contributed by atoms with Crippen LogP contribution in [-0.4, -0.2) is 50.5 Å². The van der Waals surface area contributed by atoms with Gasteiger partial charge in [-0.2, -0.15) is 0 Å². The monoisotopic (exact) mass is 537 g/mol. The van der Waals surface area contributed by atoms with E-state index in [0.717, 1.165) is 26.2 Å². The lowest BCUT2D eigenvalue weighted by Gasteiger charge is -2.31. The summed E-state index contributed by atoms with van der Waals surface area (Å²) in [6, 6.07) is 13.8. The molecular formula is C24H32BrN3O4S. The zero-order chi connectivity index (χ0) is 24.8. The molecule has 0 aliphatic carbocycles. The van der Waals surface area contributed by atoms with Gasteiger partial charge >= 0.3 is 0 Å². The third-order valence-corrected chi connectivity index (χ3v) is 6.98. The second-order valence-electron chi connectivity index (χ2n) is 8.23. The van der Waals surface area contributed by atoms with Gasteiger partial charge < -0.3 is 10.2 Å². The van der Waals surface area contributed by atoms with Gasteiger partial charge in [-0.15, -0.1) is 0 Å². The number of amides is 2. The second-order valence-corrected chi connectivity index (χ2v) is 11.1. The Morgan fingerprint density at radius 1 is 1.00 bits per heavy atom. The lowest BCUT2D eigenvalue weighted by molar-refractivity contribution is -0.139. The standard InChI is InChI=1S/C24H32BrN3O4S/c1-6-26-24(30)18(4)27(15-19-7-11-21(25)12-8-19)23(29)16-28(33(5,31)32)22-13-9-20(10-14-22)17(2)3/h7-14,17-18H,6,15-16H2,1-5H3,(H,26,30)/t18-/m0/s1. The number of benzene rings is 2. The first kappa shape index (κ1) is 26.9. The van der Waals surface area contributed by atoms with E-state index in [0.29, 0.717) is 18.2 Å². The van der Waals surface area contributed by atoms with E-state index in [1.807, 2.05) is 36.4 Å². The van der Waals surface area contributed by atoms with Gasteiger partial charge in [-0.05, 0) is 55.2 Å². The summed E-state index contributed by atoms with van der Waals surface area (Å²) in [6.07, 6.45) is 1.07. The molecule has 0 aliphatic rings. The van der Waals surface area contributed by atoms with Crippen molar-refractivity contribution in [1.29, 1.82) is 0 Å². The number of hydrogen-bond donors (Lipinski definition) is 1. The van der Waals surface area contributed by atoms with Gasteiger partial charge in [0, 0.05) is 17.6 Å². The minimum absolute atomic E-state index is 0.175. The van der Waals surface area contributed by atoms with E-state index in [9.17, 15) is 18.0 Å².